The molecule has 3 aromatic heterocycles. The van der Waals surface area contributed by atoms with Crippen LogP contribution < -0.4 is 47.7 Å². The van der Waals surface area contributed by atoms with E-state index in [1.54, 1.807) is 0 Å². The van der Waals surface area contributed by atoms with Gasteiger partial charge < -0.3 is 27.4 Å². The molecule has 2 aliphatic carbocycles. The molecule has 21 aromatic carbocycles. The van der Waals surface area contributed by atoms with Crippen molar-refractivity contribution < 1.29 is 13.7 Å². The highest BCUT2D eigenvalue weighted by molar-refractivity contribution is 7.87. The first-order chi connectivity index (χ1) is 62.6. The maximum atomic E-state index is 15.3. The lowest BCUT2D eigenvalue weighted by molar-refractivity contribution is 0.592. The van der Waals surface area contributed by atoms with Gasteiger partial charge in [0.15, 0.2) is 21.4 Å². The highest BCUT2D eigenvalue weighted by Gasteiger charge is 2.44. The molecule has 24 aromatic rings. The van der Waals surface area contributed by atoms with Crippen LogP contribution >= 0.6 is 21.4 Å². The van der Waals surface area contributed by atoms with Gasteiger partial charge in [-0.15, -0.1) is 0 Å². The van der Waals surface area contributed by atoms with Gasteiger partial charge in [-0.3, -0.25) is 0 Å². The highest BCUT2D eigenvalue weighted by Crippen LogP contribution is 2.58. The summed E-state index contributed by atoms with van der Waals surface area (Å²) in [5.74, 6) is 0. The molecule has 29 rings (SSSR count). The molecule has 3 unspecified atom stereocenters. The van der Waals surface area contributed by atoms with E-state index in [1.165, 1.54) is 114 Å². The fourth-order valence-electron chi connectivity index (χ4n) is 22.5. The van der Waals surface area contributed by atoms with Gasteiger partial charge in [0.1, 0.15) is 0 Å². The second kappa shape index (κ2) is 27.3. The van der Waals surface area contributed by atoms with Crippen LogP contribution in [0.5, 0.6) is 0 Å². The molecule has 6 heterocycles. The van der Waals surface area contributed by atoms with Gasteiger partial charge in [0.2, 0.25) is 0 Å². The lowest BCUT2D eigenvalue weighted by atomic mass is 9.81. The number of nitrogens with zero attached hydrogens (tertiary/aromatic N) is 3. The number of allylic oxidation sites excluding steroid dienone is 3. The van der Waals surface area contributed by atoms with Crippen LogP contribution in [0.25, 0.3) is 192 Å². The molecular weight excluding hydrogens is 1600 g/mol. The molecule has 0 fully saturated rings. The molecule has 0 N–H and O–H groups in total. The van der Waals surface area contributed by atoms with Crippen LogP contribution in [0.4, 0.5) is 0 Å². The molecule has 0 saturated heterocycles. The number of para-hydroxylation sites is 3. The average molecular weight is 1670 g/mol. The summed E-state index contributed by atoms with van der Waals surface area (Å²) in [6.45, 7) is 0. The number of rotatable bonds is 6. The summed E-state index contributed by atoms with van der Waals surface area (Å²) >= 11 is 0. The van der Waals surface area contributed by atoms with E-state index in [0.717, 1.165) is 149 Å². The summed E-state index contributed by atoms with van der Waals surface area (Å²) in [5, 5.41) is 30.5. The second-order valence-electron chi connectivity index (χ2n) is 34.5. The van der Waals surface area contributed by atoms with Gasteiger partial charge in [0.25, 0.3) is 0 Å². The average Bonchev–Trinajstić information content (AvgIpc) is 1.56. The van der Waals surface area contributed by atoms with Crippen LogP contribution in [-0.4, -0.2) is 13.7 Å². The molecule has 3 atom stereocenters. The fourth-order valence-corrected chi connectivity index (χ4v) is 31.7. The van der Waals surface area contributed by atoms with E-state index >= 15 is 13.7 Å². The summed E-state index contributed by atoms with van der Waals surface area (Å²) < 4.78 is 52.9. The van der Waals surface area contributed by atoms with Gasteiger partial charge in [0.05, 0.1) is 38.8 Å². The van der Waals surface area contributed by atoms with E-state index in [0.29, 0.717) is 0 Å². The number of benzene rings is 21. The monoisotopic (exact) mass is 1670 g/mol. The maximum absolute atomic E-state index is 15.3. The molecule has 6 nitrogen and oxygen atoms in total. The molecule has 5 aliphatic rings. The summed E-state index contributed by atoms with van der Waals surface area (Å²) in [4.78, 5) is 0. The molecule has 594 valence electrons. The van der Waals surface area contributed by atoms with Crippen molar-refractivity contribution in [2.75, 3.05) is 0 Å². The molecule has 0 saturated carbocycles. The van der Waals surface area contributed by atoms with Crippen LogP contribution in [0, 0.1) is 0 Å². The summed E-state index contributed by atoms with van der Waals surface area (Å²) in [5.41, 5.74) is 22.3. The zero-order valence-electron chi connectivity index (χ0n) is 68.7. The quantitative estimate of drug-likeness (QED) is 0.123. The van der Waals surface area contributed by atoms with Crippen molar-refractivity contribution >= 4 is 211 Å². The number of aromatic nitrogens is 3. The first-order valence-electron chi connectivity index (χ1n) is 43.7. The smallest absolute Gasteiger partial charge is 0.172 e. The van der Waals surface area contributed by atoms with Crippen molar-refractivity contribution in [3.8, 4) is 50.4 Å². The minimum Gasteiger partial charge on any atom is -0.309 e. The zero-order valence-corrected chi connectivity index (χ0v) is 71.4. The van der Waals surface area contributed by atoms with Crippen molar-refractivity contribution in [1.29, 1.82) is 0 Å². The van der Waals surface area contributed by atoms with Crippen LogP contribution in [0.15, 0.2) is 419 Å². The summed E-state index contributed by atoms with van der Waals surface area (Å²) in [6, 6.07) is 143. The Morgan fingerprint density at radius 1 is 0.228 bits per heavy atom. The predicted octanol–water partition coefficient (Wildman–Crippen LogP) is 26.9. The molecule has 0 amide bonds. The minimum atomic E-state index is -3.03. The Morgan fingerprint density at radius 3 is 1.15 bits per heavy atom. The lowest BCUT2D eigenvalue weighted by Gasteiger charge is -2.25. The molecule has 9 heteroatoms. The molecule has 3 aliphatic heterocycles. The lowest BCUT2D eigenvalue weighted by Crippen LogP contribution is -2.20. The van der Waals surface area contributed by atoms with Gasteiger partial charge in [-0.1, -0.05) is 340 Å². The summed E-state index contributed by atoms with van der Waals surface area (Å²) in [6.07, 6.45) is 8.95. The number of hydrogen-bond donors (Lipinski definition) is 0. The maximum Gasteiger partial charge on any atom is 0.172 e. The predicted molar refractivity (Wildman–Crippen MR) is 539 cm³/mol. The Kier molecular flexibility index (Phi) is 15.6. The van der Waals surface area contributed by atoms with Crippen LogP contribution in [0.1, 0.15) is 23.1 Å². The van der Waals surface area contributed by atoms with Crippen LogP contribution in [0.3, 0.4) is 0 Å². The second-order valence-corrected chi connectivity index (χ2v) is 42.6. The zero-order chi connectivity index (χ0) is 83.7. The Morgan fingerprint density at radius 2 is 0.622 bits per heavy atom. The normalized spacial score (nSPS) is 16.6. The molecular formula is C118H74N3O3P3. The molecule has 0 bridgehead atoms. The number of hydrogen-bond acceptors (Lipinski definition) is 3. The third-order valence-corrected chi connectivity index (χ3v) is 37.5. The molecule has 0 radical (unpaired) electrons. The van der Waals surface area contributed by atoms with Gasteiger partial charge in [-0.25, -0.2) is 0 Å². The Bertz CT molecular complexity index is 9140. The van der Waals surface area contributed by atoms with E-state index in [9.17, 15) is 0 Å². The number of fused-ring (bicyclic) bond motifs is 21. The van der Waals surface area contributed by atoms with Crippen molar-refractivity contribution in [2.45, 2.75) is 12.8 Å². The van der Waals surface area contributed by atoms with Crippen LogP contribution in [-0.2, 0) is 20.1 Å². The topological polar surface area (TPSA) is 66.0 Å². The van der Waals surface area contributed by atoms with E-state index in [2.05, 4.69) is 323 Å². The Balaban J connectivity index is 0.0000000988. The first kappa shape index (κ1) is 72.5. The van der Waals surface area contributed by atoms with E-state index in [1.807, 2.05) is 115 Å². The molecule has 127 heavy (non-hydrogen) atoms. The third kappa shape index (κ3) is 10.2. The SMILES string of the molecule is O=P1(c2ccccc2)c2ccccc2-c2cc3c(cc21)c1ccccc1n3-c1cc2ccc3cccc4ccc(c1)c2c34.O=P1(c2ccccc2)c2ccccc2-c2cc3c(cc21)c1ccccc1n3-c1ccc2c(ccc3ccccc32)c1.O=P1(c2ccccc2)c2ccccc2-c2cc3c(cc21)c1ccccc1n3-c1ccc2c3c4c(ccc13)C=CCC4=CC2. The largest absolute Gasteiger partial charge is 0.309 e. The highest BCUT2D eigenvalue weighted by atomic mass is 31.2. The fraction of sp³-hybridized carbons (Fsp3) is 0.0169. The van der Waals surface area contributed by atoms with Crippen molar-refractivity contribution in [2.24, 2.45) is 0 Å². The van der Waals surface area contributed by atoms with E-state index < -0.39 is 21.4 Å². The van der Waals surface area contributed by atoms with E-state index in [-0.39, 0.29) is 0 Å². The van der Waals surface area contributed by atoms with Crippen molar-refractivity contribution in [1.82, 2.24) is 13.7 Å². The van der Waals surface area contributed by atoms with Gasteiger partial charge in [0, 0.05) is 96.8 Å². The van der Waals surface area contributed by atoms with Crippen molar-refractivity contribution in [3.63, 3.8) is 0 Å². The summed E-state index contributed by atoms with van der Waals surface area (Å²) in [7, 11) is -9.07. The first-order valence-corrected chi connectivity index (χ1v) is 48.8. The third-order valence-electron chi connectivity index (χ3n) is 28.1. The Labute approximate surface area is 731 Å². The van der Waals surface area contributed by atoms with Gasteiger partial charge >= 0.3 is 0 Å². The minimum absolute atomic E-state index is 0.885. The van der Waals surface area contributed by atoms with Crippen LogP contribution in [0.2, 0.25) is 0 Å². The van der Waals surface area contributed by atoms with E-state index in [4.69, 9.17) is 0 Å². The van der Waals surface area contributed by atoms with Crippen molar-refractivity contribution in [3.05, 3.63) is 435 Å². The Hall–Kier alpha value is -15.0. The van der Waals surface area contributed by atoms with Gasteiger partial charge in [-0.2, -0.15) is 0 Å². The molecule has 0 spiro atoms. The standard InChI is InChI=1S/C40H24NOP.C40H26NOP.C38H24NOP/c42-43(30-11-2-1-3-12-30)37-16-7-5-14-32(37)34-23-36-33(24-38(34)43)31-13-4-6-15-35(31)41(36)29-21-27-19-17-25-9-8-10-26-18-20-28(22-29)40(27)39(25)26;42-43(28-11-2-1-3-12-28)37-16-7-5-14-30(37)33-23-36-32(24-38(33)43)29-13-4-6-15-34(29)41(36)35-22-20-27-18-17-25-9-8-10-26-19-21-31(35)40(27)39(25)26;40-41(28-11-2-1-3-12-28)37-17-9-7-15-32(37)34-23-36-33(24-38(34)41)31-14-6-8-16-35(31)39(36)27-20-21-30-26(22-27)19-18-25-10-4-5-13-29(25)30/h1-24H;1-8,10-17,19-24H,9,18H2;1-24H. The van der Waals surface area contributed by atoms with Gasteiger partial charge in [-0.05, 0) is 213 Å².